The molecule has 0 bridgehead atoms. The van der Waals surface area contributed by atoms with E-state index >= 15 is 0 Å². The van der Waals surface area contributed by atoms with Crippen LogP contribution in [0.4, 0.5) is 15.8 Å². The summed E-state index contributed by atoms with van der Waals surface area (Å²) >= 11 is 0. The van der Waals surface area contributed by atoms with Crippen LogP contribution in [-0.2, 0) is 22.6 Å². The highest BCUT2D eigenvalue weighted by molar-refractivity contribution is 6.37. The van der Waals surface area contributed by atoms with Gasteiger partial charge in [0.05, 0.1) is 23.4 Å². The van der Waals surface area contributed by atoms with Crippen LogP contribution in [0.25, 0.3) is 11.3 Å². The molecule has 1 aliphatic heterocycles. The van der Waals surface area contributed by atoms with Crippen molar-refractivity contribution >= 4 is 34.5 Å². The Hall–Kier alpha value is -3.97. The molecule has 4 rings (SSSR count). The highest BCUT2D eigenvalue weighted by Crippen LogP contribution is 2.38. The molecule has 0 aliphatic carbocycles. The summed E-state index contributed by atoms with van der Waals surface area (Å²) in [4.78, 5) is 23.9. The molecule has 0 fully saturated rings. The van der Waals surface area contributed by atoms with Gasteiger partial charge in [-0.25, -0.2) is 4.39 Å². The summed E-state index contributed by atoms with van der Waals surface area (Å²) in [6.07, 6.45) is -0.0890. The Morgan fingerprint density at radius 2 is 1.81 bits per heavy atom. The van der Waals surface area contributed by atoms with E-state index < -0.39 is 11.8 Å². The lowest BCUT2D eigenvalue weighted by Gasteiger charge is -2.16. The van der Waals surface area contributed by atoms with E-state index in [2.05, 4.69) is 16.0 Å². The number of aliphatic carboxylic acids is 1. The summed E-state index contributed by atoms with van der Waals surface area (Å²) in [6.45, 7) is 0.688. The number of carbonyl (C=O) groups is 2. The standard InChI is InChI=1S/C25H22FN3O3/c1-27-14-16-3-2-4-19(11-16)28-24(17-7-5-15(6-8-17)12-22(30)31)23-20-10-9-18(26)13-21(20)29-25(23)32/h2-11,13,27-28H,12,14H2,1H3,(H,29,32)(H,30,31)/b24-23-. The third-order valence-corrected chi connectivity index (χ3v) is 5.15. The zero-order valence-electron chi connectivity index (χ0n) is 17.4. The third kappa shape index (κ3) is 4.53. The normalized spacial score (nSPS) is 14.0. The van der Waals surface area contributed by atoms with Crippen LogP contribution in [-0.4, -0.2) is 24.0 Å². The van der Waals surface area contributed by atoms with Crippen LogP contribution < -0.4 is 16.0 Å². The van der Waals surface area contributed by atoms with Gasteiger partial charge in [0.2, 0.25) is 0 Å². The lowest BCUT2D eigenvalue weighted by molar-refractivity contribution is -0.136. The smallest absolute Gasteiger partial charge is 0.307 e. The second kappa shape index (κ2) is 9.03. The number of halogens is 1. The molecular formula is C25H22FN3O3. The van der Waals surface area contributed by atoms with Crippen molar-refractivity contribution in [2.45, 2.75) is 13.0 Å². The number of rotatable bonds is 7. The van der Waals surface area contributed by atoms with E-state index in [4.69, 9.17) is 5.11 Å². The van der Waals surface area contributed by atoms with E-state index in [1.165, 1.54) is 12.1 Å². The Balaban J connectivity index is 1.82. The Labute approximate surface area is 184 Å². The van der Waals surface area contributed by atoms with Crippen LogP contribution in [0.5, 0.6) is 0 Å². The van der Waals surface area contributed by atoms with Gasteiger partial charge in [-0.2, -0.15) is 0 Å². The van der Waals surface area contributed by atoms with Gasteiger partial charge >= 0.3 is 5.97 Å². The highest BCUT2D eigenvalue weighted by atomic mass is 19.1. The van der Waals surface area contributed by atoms with Crippen LogP contribution in [0.3, 0.4) is 0 Å². The number of anilines is 2. The molecule has 0 aromatic heterocycles. The van der Waals surface area contributed by atoms with Crippen molar-refractivity contribution < 1.29 is 19.1 Å². The topological polar surface area (TPSA) is 90.5 Å². The molecule has 0 atom stereocenters. The first-order valence-corrected chi connectivity index (χ1v) is 10.1. The number of fused-ring (bicyclic) bond motifs is 1. The Morgan fingerprint density at radius 1 is 1.03 bits per heavy atom. The summed E-state index contributed by atoms with van der Waals surface area (Å²) in [5.74, 6) is -1.69. The molecule has 0 radical (unpaired) electrons. The number of hydrogen-bond donors (Lipinski definition) is 4. The summed E-state index contributed by atoms with van der Waals surface area (Å²) in [7, 11) is 1.87. The molecule has 1 aliphatic rings. The maximum absolute atomic E-state index is 13.7. The van der Waals surface area contributed by atoms with Gasteiger partial charge in [0, 0.05) is 17.8 Å². The van der Waals surface area contributed by atoms with Gasteiger partial charge < -0.3 is 21.1 Å². The number of carboxylic acids is 1. The predicted octanol–water partition coefficient (Wildman–Crippen LogP) is 4.10. The van der Waals surface area contributed by atoms with Crippen molar-refractivity contribution in [1.82, 2.24) is 5.32 Å². The number of nitrogens with one attached hydrogen (secondary N) is 3. The molecule has 0 spiro atoms. The first-order valence-electron chi connectivity index (χ1n) is 10.1. The van der Waals surface area contributed by atoms with Gasteiger partial charge in [0.1, 0.15) is 5.82 Å². The van der Waals surface area contributed by atoms with Crippen LogP contribution in [0.2, 0.25) is 0 Å². The molecule has 7 heteroatoms. The monoisotopic (exact) mass is 431 g/mol. The van der Waals surface area contributed by atoms with E-state index in [1.807, 2.05) is 31.3 Å². The molecule has 3 aromatic carbocycles. The van der Waals surface area contributed by atoms with Crippen molar-refractivity contribution in [1.29, 1.82) is 0 Å². The quantitative estimate of drug-likeness (QED) is 0.423. The maximum atomic E-state index is 13.7. The molecule has 4 N–H and O–H groups in total. The van der Waals surface area contributed by atoms with Crippen LogP contribution in [0.15, 0.2) is 66.7 Å². The van der Waals surface area contributed by atoms with Crippen molar-refractivity contribution in [3.8, 4) is 0 Å². The zero-order valence-corrected chi connectivity index (χ0v) is 17.4. The minimum absolute atomic E-state index is 0.0890. The summed E-state index contributed by atoms with van der Waals surface area (Å²) in [6, 6.07) is 19.0. The third-order valence-electron chi connectivity index (χ3n) is 5.15. The van der Waals surface area contributed by atoms with Gasteiger partial charge in [-0.15, -0.1) is 0 Å². The van der Waals surface area contributed by atoms with E-state index in [0.29, 0.717) is 40.2 Å². The second-order valence-electron chi connectivity index (χ2n) is 7.52. The fraction of sp³-hybridized carbons (Fsp3) is 0.120. The maximum Gasteiger partial charge on any atom is 0.307 e. The van der Waals surface area contributed by atoms with Crippen LogP contribution >= 0.6 is 0 Å². The number of carboxylic acid groups (broad SMARTS) is 1. The summed E-state index contributed by atoms with van der Waals surface area (Å²) in [5, 5.41) is 18.2. The lowest BCUT2D eigenvalue weighted by atomic mass is 9.98. The molecular weight excluding hydrogens is 409 g/mol. The molecule has 1 amide bonds. The molecule has 3 aromatic rings. The predicted molar refractivity (Wildman–Crippen MR) is 122 cm³/mol. The lowest BCUT2D eigenvalue weighted by Crippen LogP contribution is -2.11. The minimum Gasteiger partial charge on any atom is -0.481 e. The molecule has 162 valence electrons. The second-order valence-corrected chi connectivity index (χ2v) is 7.52. The van der Waals surface area contributed by atoms with E-state index in [9.17, 15) is 14.0 Å². The Kier molecular flexibility index (Phi) is 6.00. The Morgan fingerprint density at radius 3 is 2.53 bits per heavy atom. The summed E-state index contributed by atoms with van der Waals surface area (Å²) in [5.41, 5.74) is 5.17. The van der Waals surface area contributed by atoms with Crippen LogP contribution in [0, 0.1) is 5.82 Å². The average Bonchev–Trinajstić information content (AvgIpc) is 3.07. The molecule has 0 saturated carbocycles. The molecule has 6 nitrogen and oxygen atoms in total. The molecule has 0 saturated heterocycles. The van der Waals surface area contributed by atoms with Gasteiger partial charge in [-0.1, -0.05) is 36.4 Å². The fourth-order valence-electron chi connectivity index (χ4n) is 3.74. The van der Waals surface area contributed by atoms with Gasteiger partial charge in [0.15, 0.2) is 0 Å². The zero-order chi connectivity index (χ0) is 22.7. The van der Waals surface area contributed by atoms with Crippen molar-refractivity contribution in [3.05, 3.63) is 94.8 Å². The van der Waals surface area contributed by atoms with E-state index in [-0.39, 0.29) is 12.3 Å². The number of amides is 1. The average molecular weight is 431 g/mol. The first kappa shape index (κ1) is 21.3. The van der Waals surface area contributed by atoms with Crippen molar-refractivity contribution in [2.24, 2.45) is 0 Å². The highest BCUT2D eigenvalue weighted by Gasteiger charge is 2.28. The van der Waals surface area contributed by atoms with Crippen molar-refractivity contribution in [3.63, 3.8) is 0 Å². The number of benzene rings is 3. The largest absolute Gasteiger partial charge is 0.481 e. The van der Waals surface area contributed by atoms with Gasteiger partial charge in [-0.3, -0.25) is 9.59 Å². The molecule has 32 heavy (non-hydrogen) atoms. The molecule has 1 heterocycles. The minimum atomic E-state index is -0.915. The fourth-order valence-corrected chi connectivity index (χ4v) is 3.74. The van der Waals surface area contributed by atoms with Crippen LogP contribution in [0.1, 0.15) is 22.3 Å². The van der Waals surface area contributed by atoms with Gasteiger partial charge in [-0.05, 0) is 54.1 Å². The number of hydrogen-bond acceptors (Lipinski definition) is 4. The number of carbonyl (C=O) groups excluding carboxylic acids is 1. The van der Waals surface area contributed by atoms with Gasteiger partial charge in [0.25, 0.3) is 5.91 Å². The van der Waals surface area contributed by atoms with E-state index in [0.717, 1.165) is 11.3 Å². The molecule has 0 unspecified atom stereocenters. The Bertz CT molecular complexity index is 1220. The first-order chi connectivity index (χ1) is 15.4. The van der Waals surface area contributed by atoms with E-state index in [1.54, 1.807) is 30.3 Å². The van der Waals surface area contributed by atoms with Crippen molar-refractivity contribution in [2.75, 3.05) is 17.7 Å². The summed E-state index contributed by atoms with van der Waals surface area (Å²) < 4.78 is 13.7. The SMILES string of the molecule is CNCc1cccc(N/C(=C2\C(=O)Nc3cc(F)ccc32)c2ccc(CC(=O)O)cc2)c1.